The minimum Gasteiger partial charge on any atom is -0.294 e. The average molecular weight is 291 g/mol. The standard InChI is InChI=1S/C15H15BrO/c1-10(2)9-15(17)13-7-8-14(16)12-6-4-3-5-11(12)13/h3-8,10H,9H2,1-2H3. The molecule has 0 aliphatic carbocycles. The van der Waals surface area contributed by atoms with Gasteiger partial charge in [-0.2, -0.15) is 0 Å². The molecule has 0 atom stereocenters. The number of ketones is 1. The van der Waals surface area contributed by atoms with Crippen LogP contribution in [0.15, 0.2) is 40.9 Å². The number of halogens is 1. The van der Waals surface area contributed by atoms with Gasteiger partial charge in [0.1, 0.15) is 0 Å². The lowest BCUT2D eigenvalue weighted by atomic mass is 9.96. The highest BCUT2D eigenvalue weighted by Crippen LogP contribution is 2.28. The first kappa shape index (κ1) is 12.3. The van der Waals surface area contributed by atoms with Crippen molar-refractivity contribution in [1.29, 1.82) is 0 Å². The third kappa shape index (κ3) is 2.58. The van der Waals surface area contributed by atoms with Crippen LogP contribution in [0.5, 0.6) is 0 Å². The Kier molecular flexibility index (Phi) is 3.63. The highest BCUT2D eigenvalue weighted by atomic mass is 79.9. The second-order valence-corrected chi connectivity index (χ2v) is 5.52. The van der Waals surface area contributed by atoms with Gasteiger partial charge in [0, 0.05) is 16.5 Å². The molecule has 0 aliphatic rings. The lowest BCUT2D eigenvalue weighted by molar-refractivity contribution is 0.0969. The van der Waals surface area contributed by atoms with Gasteiger partial charge in [-0.15, -0.1) is 0 Å². The zero-order valence-corrected chi connectivity index (χ0v) is 11.6. The molecule has 17 heavy (non-hydrogen) atoms. The van der Waals surface area contributed by atoms with E-state index in [1.807, 2.05) is 36.4 Å². The molecule has 1 nitrogen and oxygen atoms in total. The molecule has 0 aromatic heterocycles. The fourth-order valence-electron chi connectivity index (χ4n) is 1.99. The molecule has 2 aromatic rings. The molecule has 0 spiro atoms. The summed E-state index contributed by atoms with van der Waals surface area (Å²) in [5, 5.41) is 2.13. The number of carbonyl (C=O) groups excluding carboxylic acids is 1. The van der Waals surface area contributed by atoms with Gasteiger partial charge in [0.25, 0.3) is 0 Å². The number of benzene rings is 2. The Hall–Kier alpha value is -1.15. The van der Waals surface area contributed by atoms with Crippen LogP contribution in [0.1, 0.15) is 30.6 Å². The summed E-state index contributed by atoms with van der Waals surface area (Å²) in [6.45, 7) is 4.14. The molecule has 2 heteroatoms. The van der Waals surface area contributed by atoms with Crippen molar-refractivity contribution in [3.63, 3.8) is 0 Å². The van der Waals surface area contributed by atoms with Gasteiger partial charge >= 0.3 is 0 Å². The van der Waals surface area contributed by atoms with Gasteiger partial charge in [0.15, 0.2) is 5.78 Å². The predicted molar refractivity (Wildman–Crippen MR) is 75.4 cm³/mol. The molecule has 0 aliphatic heterocycles. The number of fused-ring (bicyclic) bond motifs is 1. The molecule has 88 valence electrons. The van der Waals surface area contributed by atoms with Crippen LogP contribution in [-0.4, -0.2) is 5.78 Å². The van der Waals surface area contributed by atoms with Crippen LogP contribution in [0.4, 0.5) is 0 Å². The molecule has 0 amide bonds. The zero-order chi connectivity index (χ0) is 12.4. The zero-order valence-electron chi connectivity index (χ0n) is 10.0. The van der Waals surface area contributed by atoms with E-state index in [0.29, 0.717) is 12.3 Å². The van der Waals surface area contributed by atoms with Crippen LogP contribution in [0.2, 0.25) is 0 Å². The average Bonchev–Trinajstić information content (AvgIpc) is 2.29. The summed E-state index contributed by atoms with van der Waals surface area (Å²) in [5.41, 5.74) is 0.831. The summed E-state index contributed by atoms with van der Waals surface area (Å²) in [5.74, 6) is 0.619. The molecule has 0 bridgehead atoms. The molecule has 0 fully saturated rings. The van der Waals surface area contributed by atoms with E-state index < -0.39 is 0 Å². The van der Waals surface area contributed by atoms with Gasteiger partial charge in [-0.1, -0.05) is 54.0 Å². The Balaban J connectivity index is 2.55. The van der Waals surface area contributed by atoms with Crippen LogP contribution >= 0.6 is 15.9 Å². The Labute approximate surface area is 110 Å². The van der Waals surface area contributed by atoms with E-state index in [1.165, 1.54) is 0 Å². The van der Waals surface area contributed by atoms with Crippen molar-refractivity contribution in [1.82, 2.24) is 0 Å². The van der Waals surface area contributed by atoms with Crippen molar-refractivity contribution in [2.75, 3.05) is 0 Å². The van der Waals surface area contributed by atoms with Crippen LogP contribution in [0, 0.1) is 5.92 Å². The van der Waals surface area contributed by atoms with Gasteiger partial charge in [-0.25, -0.2) is 0 Å². The third-order valence-corrected chi connectivity index (χ3v) is 3.46. The Morgan fingerprint density at radius 2 is 1.76 bits per heavy atom. The maximum absolute atomic E-state index is 12.2. The maximum atomic E-state index is 12.2. The van der Waals surface area contributed by atoms with Gasteiger partial charge < -0.3 is 0 Å². The molecule has 0 radical (unpaired) electrons. The Morgan fingerprint density at radius 1 is 1.12 bits per heavy atom. The molecule has 0 saturated carbocycles. The predicted octanol–water partition coefficient (Wildman–Crippen LogP) is 4.83. The summed E-state index contributed by atoms with van der Waals surface area (Å²) in [7, 11) is 0. The molecule has 2 aromatic carbocycles. The largest absolute Gasteiger partial charge is 0.294 e. The van der Waals surface area contributed by atoms with Gasteiger partial charge in [-0.05, 0) is 28.8 Å². The fourth-order valence-corrected chi connectivity index (χ4v) is 2.46. The van der Waals surface area contributed by atoms with E-state index in [-0.39, 0.29) is 5.78 Å². The summed E-state index contributed by atoms with van der Waals surface area (Å²) in [6.07, 6.45) is 0.603. The van der Waals surface area contributed by atoms with Crippen molar-refractivity contribution in [2.45, 2.75) is 20.3 Å². The van der Waals surface area contributed by atoms with E-state index in [2.05, 4.69) is 29.8 Å². The van der Waals surface area contributed by atoms with Crippen LogP contribution in [0.3, 0.4) is 0 Å². The molecular formula is C15H15BrO. The molecule has 0 saturated heterocycles. The highest BCUT2D eigenvalue weighted by molar-refractivity contribution is 9.10. The topological polar surface area (TPSA) is 17.1 Å². The van der Waals surface area contributed by atoms with E-state index >= 15 is 0 Å². The summed E-state index contributed by atoms with van der Waals surface area (Å²) >= 11 is 3.52. The number of rotatable bonds is 3. The van der Waals surface area contributed by atoms with E-state index in [0.717, 1.165) is 20.8 Å². The van der Waals surface area contributed by atoms with Gasteiger partial charge in [-0.3, -0.25) is 4.79 Å². The van der Waals surface area contributed by atoms with Crippen molar-refractivity contribution in [3.05, 3.63) is 46.4 Å². The second kappa shape index (κ2) is 5.01. The first-order chi connectivity index (χ1) is 8.09. The van der Waals surface area contributed by atoms with Crippen LogP contribution in [0.25, 0.3) is 10.8 Å². The van der Waals surface area contributed by atoms with Crippen molar-refractivity contribution in [2.24, 2.45) is 5.92 Å². The second-order valence-electron chi connectivity index (χ2n) is 4.66. The fraction of sp³-hybridized carbons (Fsp3) is 0.267. The molecule has 0 N–H and O–H groups in total. The highest BCUT2D eigenvalue weighted by Gasteiger charge is 2.12. The van der Waals surface area contributed by atoms with Crippen molar-refractivity contribution < 1.29 is 4.79 Å². The number of carbonyl (C=O) groups is 1. The molecular weight excluding hydrogens is 276 g/mol. The summed E-state index contributed by atoms with van der Waals surface area (Å²) < 4.78 is 1.04. The van der Waals surface area contributed by atoms with Gasteiger partial charge in [0.05, 0.1) is 0 Å². The number of hydrogen-bond donors (Lipinski definition) is 0. The summed E-state index contributed by atoms with van der Waals surface area (Å²) in [4.78, 5) is 12.2. The minimum absolute atomic E-state index is 0.226. The van der Waals surface area contributed by atoms with E-state index in [4.69, 9.17) is 0 Å². The Morgan fingerprint density at radius 3 is 2.41 bits per heavy atom. The smallest absolute Gasteiger partial charge is 0.163 e. The van der Waals surface area contributed by atoms with Gasteiger partial charge in [0.2, 0.25) is 0 Å². The summed E-state index contributed by atoms with van der Waals surface area (Å²) in [6, 6.07) is 11.9. The minimum atomic E-state index is 0.226. The molecule has 2 rings (SSSR count). The normalized spacial score (nSPS) is 11.1. The molecule has 0 unspecified atom stereocenters. The van der Waals surface area contributed by atoms with Crippen LogP contribution in [-0.2, 0) is 0 Å². The van der Waals surface area contributed by atoms with E-state index in [9.17, 15) is 4.79 Å². The SMILES string of the molecule is CC(C)CC(=O)c1ccc(Br)c2ccccc12. The Bertz CT molecular complexity index is 558. The van der Waals surface area contributed by atoms with E-state index in [1.54, 1.807) is 0 Å². The quantitative estimate of drug-likeness (QED) is 0.740. The van der Waals surface area contributed by atoms with Crippen LogP contribution < -0.4 is 0 Å². The van der Waals surface area contributed by atoms with Crippen molar-refractivity contribution in [3.8, 4) is 0 Å². The maximum Gasteiger partial charge on any atom is 0.163 e. The van der Waals surface area contributed by atoms with Crippen molar-refractivity contribution >= 4 is 32.5 Å². The first-order valence-corrected chi connectivity index (χ1v) is 6.59. The number of Topliss-reactive ketones (excluding diaryl/α,β-unsaturated/α-hetero) is 1. The third-order valence-electron chi connectivity index (χ3n) is 2.76. The first-order valence-electron chi connectivity index (χ1n) is 5.80. The lowest BCUT2D eigenvalue weighted by Gasteiger charge is -2.08. The monoisotopic (exact) mass is 290 g/mol. The lowest BCUT2D eigenvalue weighted by Crippen LogP contribution is -2.04. The number of hydrogen-bond acceptors (Lipinski definition) is 1. The molecule has 0 heterocycles.